The van der Waals surface area contributed by atoms with Crippen LogP contribution in [-0.2, 0) is 23.4 Å². The maximum atomic E-state index is 10.6. The lowest BCUT2D eigenvalue weighted by Crippen LogP contribution is -2.18. The van der Waals surface area contributed by atoms with E-state index in [1.54, 1.807) is 24.3 Å². The summed E-state index contributed by atoms with van der Waals surface area (Å²) in [6, 6.07) is 30.7. The number of hydrogen-bond donors (Lipinski definition) is 3. The average Bonchev–Trinajstić information content (AvgIpc) is 2.96. The molecular weight excluding hydrogens is 504 g/mol. The third kappa shape index (κ3) is 7.63. The molecule has 4 aromatic rings. The van der Waals surface area contributed by atoms with Crippen molar-refractivity contribution in [2.45, 2.75) is 38.9 Å². The summed E-state index contributed by atoms with van der Waals surface area (Å²) in [6.45, 7) is 5.29. The van der Waals surface area contributed by atoms with Gasteiger partial charge in [0.25, 0.3) is 0 Å². The smallest absolute Gasteiger partial charge is 0.305 e. The molecule has 0 bridgehead atoms. The van der Waals surface area contributed by atoms with Crippen molar-refractivity contribution in [3.8, 4) is 17.2 Å². The SMILES string of the molecule is CC(C)(c1ccc(O)cc1)c1ccc(OCc2cccc(COc3ccc(C(N)=NCCC(=O)O)cc3)c2)cc1. The molecule has 0 aliphatic carbocycles. The van der Waals surface area contributed by atoms with Crippen LogP contribution in [0.2, 0.25) is 0 Å². The van der Waals surface area contributed by atoms with Crippen LogP contribution in [0.15, 0.2) is 102 Å². The van der Waals surface area contributed by atoms with Gasteiger partial charge >= 0.3 is 5.97 Å². The maximum absolute atomic E-state index is 10.6. The summed E-state index contributed by atoms with van der Waals surface area (Å²) >= 11 is 0. The normalized spacial score (nSPS) is 11.7. The molecule has 0 aromatic heterocycles. The number of phenols is 1. The van der Waals surface area contributed by atoms with Gasteiger partial charge in [-0.15, -0.1) is 0 Å². The summed E-state index contributed by atoms with van der Waals surface area (Å²) in [5.74, 6) is 1.14. The largest absolute Gasteiger partial charge is 0.508 e. The van der Waals surface area contributed by atoms with Gasteiger partial charge in [-0.2, -0.15) is 0 Å². The van der Waals surface area contributed by atoms with E-state index in [0.717, 1.165) is 28.0 Å². The van der Waals surface area contributed by atoms with Gasteiger partial charge in [0.15, 0.2) is 0 Å². The first kappa shape index (κ1) is 28.2. The van der Waals surface area contributed by atoms with E-state index in [4.69, 9.17) is 20.3 Å². The van der Waals surface area contributed by atoms with E-state index in [0.29, 0.717) is 30.4 Å². The molecule has 0 amide bonds. The number of hydrogen-bond acceptors (Lipinski definition) is 5. The highest BCUT2D eigenvalue weighted by molar-refractivity contribution is 5.97. The Bertz CT molecular complexity index is 1440. The topological polar surface area (TPSA) is 114 Å². The Balaban J connectivity index is 1.30. The van der Waals surface area contributed by atoms with Gasteiger partial charge in [-0.1, -0.05) is 56.3 Å². The first-order valence-corrected chi connectivity index (χ1v) is 13.1. The van der Waals surface area contributed by atoms with E-state index in [-0.39, 0.29) is 24.1 Å². The Morgan fingerprint density at radius 2 is 1.30 bits per heavy atom. The van der Waals surface area contributed by atoms with E-state index in [2.05, 4.69) is 37.0 Å². The second kappa shape index (κ2) is 12.8. The maximum Gasteiger partial charge on any atom is 0.305 e. The van der Waals surface area contributed by atoms with Crippen LogP contribution in [0.1, 0.15) is 48.1 Å². The predicted octanol–water partition coefficient (Wildman–Crippen LogP) is 6.06. The highest BCUT2D eigenvalue weighted by atomic mass is 16.5. The standard InChI is InChI=1S/C33H34N2O5/c1-33(2,26-8-12-28(36)13-9-26)27-10-16-30(17-11-27)40-22-24-5-3-4-23(20-24)21-39-29-14-6-25(7-15-29)32(34)35-19-18-31(37)38/h3-17,20,36H,18-19,21-22H2,1-2H3,(H2,34,35)(H,37,38). The number of carbonyl (C=O) groups is 1. The van der Waals surface area contributed by atoms with Crippen molar-refractivity contribution in [2.24, 2.45) is 10.7 Å². The van der Waals surface area contributed by atoms with Crippen molar-refractivity contribution in [3.63, 3.8) is 0 Å². The number of phenolic OH excluding ortho intramolecular Hbond substituents is 1. The molecule has 40 heavy (non-hydrogen) atoms. The van der Waals surface area contributed by atoms with Gasteiger partial charge in [0.2, 0.25) is 0 Å². The van der Waals surface area contributed by atoms with E-state index in [9.17, 15) is 9.90 Å². The fraction of sp³-hybridized carbons (Fsp3) is 0.212. The number of aliphatic carboxylic acids is 1. The molecule has 0 aliphatic rings. The molecule has 0 spiro atoms. The minimum Gasteiger partial charge on any atom is -0.508 e. The zero-order chi connectivity index (χ0) is 28.5. The van der Waals surface area contributed by atoms with Gasteiger partial charge in [0.05, 0.1) is 13.0 Å². The van der Waals surface area contributed by atoms with Crippen LogP contribution < -0.4 is 15.2 Å². The van der Waals surface area contributed by atoms with E-state index >= 15 is 0 Å². The Kier molecular flexibility index (Phi) is 9.07. The van der Waals surface area contributed by atoms with Crippen molar-refractivity contribution in [3.05, 3.63) is 125 Å². The zero-order valence-electron chi connectivity index (χ0n) is 22.7. The molecule has 206 valence electrons. The first-order valence-electron chi connectivity index (χ1n) is 13.1. The number of carboxylic acids is 1. The molecule has 4 aromatic carbocycles. The molecule has 0 radical (unpaired) electrons. The van der Waals surface area contributed by atoms with E-state index in [1.807, 2.05) is 54.6 Å². The van der Waals surface area contributed by atoms with Crippen LogP contribution in [0, 0.1) is 0 Å². The molecule has 0 saturated carbocycles. The number of carboxylic acid groups (broad SMARTS) is 1. The number of nitrogens with two attached hydrogens (primary N) is 1. The first-order chi connectivity index (χ1) is 19.2. The minimum absolute atomic E-state index is 0.0568. The van der Waals surface area contributed by atoms with Gasteiger partial charge in [0.1, 0.15) is 36.3 Å². The number of nitrogens with zero attached hydrogens (tertiary/aromatic N) is 1. The van der Waals surface area contributed by atoms with E-state index in [1.165, 1.54) is 0 Å². The van der Waals surface area contributed by atoms with Crippen LogP contribution >= 0.6 is 0 Å². The lowest BCUT2D eigenvalue weighted by molar-refractivity contribution is -0.136. The number of aliphatic imine (C=N–C) groups is 1. The molecule has 0 fully saturated rings. The number of rotatable bonds is 12. The van der Waals surface area contributed by atoms with Crippen molar-refractivity contribution >= 4 is 11.8 Å². The molecule has 0 heterocycles. The summed E-state index contributed by atoms with van der Waals surface area (Å²) in [5.41, 5.74) is 10.8. The van der Waals surface area contributed by atoms with Gasteiger partial charge < -0.3 is 25.4 Å². The molecule has 4 rings (SSSR count). The second-order valence-electron chi connectivity index (χ2n) is 10.0. The van der Waals surface area contributed by atoms with Gasteiger partial charge in [-0.05, 0) is 76.9 Å². The summed E-state index contributed by atoms with van der Waals surface area (Å²) in [6.07, 6.45) is -0.0568. The summed E-state index contributed by atoms with van der Waals surface area (Å²) < 4.78 is 12.0. The summed E-state index contributed by atoms with van der Waals surface area (Å²) in [5, 5.41) is 18.3. The minimum atomic E-state index is -0.906. The zero-order valence-corrected chi connectivity index (χ0v) is 22.7. The monoisotopic (exact) mass is 538 g/mol. The van der Waals surface area contributed by atoms with Crippen molar-refractivity contribution in [2.75, 3.05) is 6.54 Å². The molecule has 0 aliphatic heterocycles. The van der Waals surface area contributed by atoms with E-state index < -0.39 is 5.97 Å². The Labute approximate surface area is 234 Å². The fourth-order valence-corrected chi connectivity index (χ4v) is 4.24. The van der Waals surface area contributed by atoms with Crippen LogP contribution in [-0.4, -0.2) is 28.6 Å². The van der Waals surface area contributed by atoms with Gasteiger partial charge in [-0.25, -0.2) is 0 Å². The lowest BCUT2D eigenvalue weighted by atomic mass is 9.78. The number of aromatic hydroxyl groups is 1. The lowest BCUT2D eigenvalue weighted by Gasteiger charge is -2.26. The Morgan fingerprint density at radius 1 is 0.800 bits per heavy atom. The molecular formula is C33H34N2O5. The van der Waals surface area contributed by atoms with Crippen LogP contribution in [0.5, 0.6) is 17.2 Å². The van der Waals surface area contributed by atoms with Gasteiger partial charge in [-0.3, -0.25) is 9.79 Å². The molecule has 4 N–H and O–H groups in total. The number of amidine groups is 1. The Hall–Kier alpha value is -4.78. The van der Waals surface area contributed by atoms with Crippen LogP contribution in [0.4, 0.5) is 0 Å². The Morgan fingerprint density at radius 3 is 1.82 bits per heavy atom. The molecule has 0 saturated heterocycles. The number of benzene rings is 4. The second-order valence-corrected chi connectivity index (χ2v) is 10.0. The fourth-order valence-electron chi connectivity index (χ4n) is 4.24. The highest BCUT2D eigenvalue weighted by Gasteiger charge is 2.23. The van der Waals surface area contributed by atoms with Crippen LogP contribution in [0.3, 0.4) is 0 Å². The van der Waals surface area contributed by atoms with Crippen LogP contribution in [0.25, 0.3) is 0 Å². The van der Waals surface area contributed by atoms with Crippen molar-refractivity contribution in [1.82, 2.24) is 0 Å². The summed E-state index contributed by atoms with van der Waals surface area (Å²) in [4.78, 5) is 14.7. The van der Waals surface area contributed by atoms with Crippen molar-refractivity contribution in [1.29, 1.82) is 0 Å². The molecule has 0 unspecified atom stereocenters. The quantitative estimate of drug-likeness (QED) is 0.149. The van der Waals surface area contributed by atoms with Crippen molar-refractivity contribution < 1.29 is 24.5 Å². The third-order valence-electron chi connectivity index (χ3n) is 6.73. The summed E-state index contributed by atoms with van der Waals surface area (Å²) in [7, 11) is 0. The molecule has 7 heteroatoms. The molecule has 7 nitrogen and oxygen atoms in total. The number of ether oxygens (including phenoxy) is 2. The third-order valence-corrected chi connectivity index (χ3v) is 6.73. The average molecular weight is 539 g/mol. The predicted molar refractivity (Wildman–Crippen MR) is 156 cm³/mol. The molecule has 0 atom stereocenters. The highest BCUT2D eigenvalue weighted by Crippen LogP contribution is 2.33. The van der Waals surface area contributed by atoms with Gasteiger partial charge in [0, 0.05) is 11.0 Å².